The van der Waals surface area contributed by atoms with E-state index in [-0.39, 0.29) is 0 Å². The first-order valence-electron chi connectivity index (χ1n) is 5.93. The Morgan fingerprint density at radius 3 is 1.00 bits per heavy atom. The van der Waals surface area contributed by atoms with E-state index < -0.39 is 58.9 Å². The number of alkyl halides is 16. The molecule has 0 radical (unpaired) electrons. The van der Waals surface area contributed by atoms with Crippen molar-refractivity contribution in [2.24, 2.45) is 0 Å². The lowest BCUT2D eigenvalue weighted by atomic mass is 9.69. The van der Waals surface area contributed by atoms with Crippen LogP contribution in [0.4, 0.5) is 70.2 Å². The molecule has 0 unspecified atom stereocenters. The molecule has 0 saturated heterocycles. The lowest BCUT2D eigenvalue weighted by Crippen LogP contribution is -2.86. The van der Waals surface area contributed by atoms with Gasteiger partial charge >= 0.3 is 53.2 Å². The summed E-state index contributed by atoms with van der Waals surface area (Å²) in [4.78, 5) is 21.2. The highest BCUT2D eigenvalue weighted by atomic mass is 19.4. The second-order valence-electron chi connectivity index (χ2n) is 5.26. The van der Waals surface area contributed by atoms with Crippen molar-refractivity contribution in [2.75, 3.05) is 0 Å². The molecule has 28 heavy (non-hydrogen) atoms. The van der Waals surface area contributed by atoms with E-state index in [4.69, 9.17) is 0 Å². The maximum Gasteiger partial charge on any atom is 0.456 e. The molecule has 2 nitrogen and oxygen atoms in total. The summed E-state index contributed by atoms with van der Waals surface area (Å²) < 4.78 is 207. The molecule has 0 heterocycles. The zero-order valence-electron chi connectivity index (χ0n) is 11.9. The summed E-state index contributed by atoms with van der Waals surface area (Å²) in [5.41, 5.74) is -8.07. The molecule has 0 N–H and O–H groups in total. The fourth-order valence-corrected chi connectivity index (χ4v) is 2.00. The molecule has 0 aliphatic heterocycles. The molecule has 1 aliphatic carbocycles. The summed E-state index contributed by atoms with van der Waals surface area (Å²) in [7, 11) is 0. The molecule has 0 amide bonds. The minimum absolute atomic E-state index is 4.89. The van der Waals surface area contributed by atoms with Gasteiger partial charge in [-0.25, -0.2) is 4.39 Å². The van der Waals surface area contributed by atoms with Gasteiger partial charge in [0, 0.05) is 0 Å². The summed E-state index contributed by atoms with van der Waals surface area (Å²) >= 11 is 0. The van der Waals surface area contributed by atoms with Gasteiger partial charge in [-0.3, -0.25) is 9.59 Å². The van der Waals surface area contributed by atoms with Crippen molar-refractivity contribution in [2.45, 2.75) is 47.4 Å². The quantitative estimate of drug-likeness (QED) is 0.471. The van der Waals surface area contributed by atoms with E-state index in [0.29, 0.717) is 0 Å². The Bertz CT molecular complexity index is 671. The fourth-order valence-electron chi connectivity index (χ4n) is 2.00. The van der Waals surface area contributed by atoms with Crippen LogP contribution in [0.3, 0.4) is 0 Å². The van der Waals surface area contributed by atoms with Gasteiger partial charge in [-0.05, 0) is 0 Å². The highest BCUT2D eigenvalue weighted by Gasteiger charge is 3.03. The van der Waals surface area contributed by atoms with Gasteiger partial charge in [0.2, 0.25) is 0 Å². The van der Waals surface area contributed by atoms with E-state index in [1.807, 2.05) is 0 Å². The van der Waals surface area contributed by atoms with E-state index >= 15 is 0 Å². The molecule has 0 aromatic carbocycles. The number of halogens is 16. The minimum atomic E-state index is -8.14. The molecule has 1 saturated carbocycles. The van der Waals surface area contributed by atoms with Crippen LogP contribution in [0.15, 0.2) is 0 Å². The second kappa shape index (κ2) is 5.43. The van der Waals surface area contributed by atoms with Crippen molar-refractivity contribution in [1.29, 1.82) is 0 Å². The van der Waals surface area contributed by atoms with Crippen LogP contribution in [0.25, 0.3) is 0 Å². The molecule has 0 spiro atoms. The maximum atomic E-state index is 14.0. The first-order chi connectivity index (χ1) is 11.8. The summed E-state index contributed by atoms with van der Waals surface area (Å²) in [6.45, 7) is 0. The van der Waals surface area contributed by atoms with E-state index in [2.05, 4.69) is 0 Å². The van der Waals surface area contributed by atoms with Gasteiger partial charge < -0.3 is 0 Å². The van der Waals surface area contributed by atoms with Gasteiger partial charge in [0.1, 0.15) is 0 Å². The Hall–Kier alpha value is -1.78. The van der Waals surface area contributed by atoms with Crippen LogP contribution in [0.1, 0.15) is 0 Å². The number of hydrogen-bond donors (Lipinski definition) is 0. The van der Waals surface area contributed by atoms with Gasteiger partial charge in [-0.2, -0.15) is 65.9 Å². The highest BCUT2D eigenvalue weighted by molar-refractivity contribution is 6.14. The third kappa shape index (κ3) is 2.25. The third-order valence-corrected chi connectivity index (χ3v) is 3.58. The van der Waals surface area contributed by atoms with Crippen molar-refractivity contribution in [3.05, 3.63) is 0 Å². The topological polar surface area (TPSA) is 34.1 Å². The molecule has 1 aliphatic rings. The lowest BCUT2D eigenvalue weighted by Gasteiger charge is -2.51. The van der Waals surface area contributed by atoms with Crippen molar-refractivity contribution in [1.82, 2.24) is 0 Å². The van der Waals surface area contributed by atoms with Gasteiger partial charge in [-0.1, -0.05) is 0 Å². The molecule has 0 aromatic rings. The predicted octanol–water partition coefficient (Wildman–Crippen LogP) is 4.22. The van der Waals surface area contributed by atoms with E-state index in [1.165, 1.54) is 0 Å². The Morgan fingerprint density at radius 1 is 0.500 bits per heavy atom. The monoisotopic (exact) mass is 456 g/mol. The van der Waals surface area contributed by atoms with Crippen molar-refractivity contribution in [3.8, 4) is 0 Å². The normalized spacial score (nSPS) is 27.1. The Balaban J connectivity index is 3.94. The van der Waals surface area contributed by atoms with Crippen LogP contribution in [-0.2, 0) is 9.59 Å². The average Bonchev–Trinajstić information content (AvgIpc) is 2.49. The minimum Gasteiger partial charge on any atom is -0.288 e. The predicted molar refractivity (Wildman–Crippen MR) is 49.6 cm³/mol. The van der Waals surface area contributed by atoms with Gasteiger partial charge in [0.15, 0.2) is 0 Å². The van der Waals surface area contributed by atoms with Gasteiger partial charge in [0.05, 0.1) is 0 Å². The van der Waals surface area contributed by atoms with Crippen LogP contribution in [0, 0.1) is 0 Å². The Kier molecular flexibility index (Phi) is 4.70. The SMILES string of the molecule is O=C(C(F)(F)F)C(F)(F)C(=O)C1(F)C(F)(F)C(F)(F)C(F)(F)C(F)(F)C1(F)F. The number of rotatable bonds is 3. The first kappa shape index (κ1) is 24.3. The van der Waals surface area contributed by atoms with Crippen molar-refractivity contribution < 1.29 is 79.8 Å². The van der Waals surface area contributed by atoms with Crippen LogP contribution in [0.2, 0.25) is 0 Å². The number of Topliss-reactive ketones (excluding diaryl/α,β-unsaturated/α-hetero) is 2. The molecule has 18 heteroatoms. The highest BCUT2D eigenvalue weighted by Crippen LogP contribution is 2.70. The van der Waals surface area contributed by atoms with Crippen LogP contribution < -0.4 is 0 Å². The molecule has 1 fully saturated rings. The summed E-state index contributed by atoms with van der Waals surface area (Å²) in [5, 5.41) is 0. The zero-order chi connectivity index (χ0) is 23.2. The van der Waals surface area contributed by atoms with E-state index in [9.17, 15) is 79.8 Å². The van der Waals surface area contributed by atoms with Crippen LogP contribution >= 0.6 is 0 Å². The van der Waals surface area contributed by atoms with E-state index in [1.54, 1.807) is 0 Å². The molecular weight excluding hydrogens is 456 g/mol. The molecule has 1 rings (SSSR count). The standard InChI is InChI=1S/C10F16O2/c11-3(12,2(28)5(14,15)16)1(27)4(13)6(17,18)8(21,22)10(25,26)9(23,24)7(4,19)20. The number of ketones is 2. The smallest absolute Gasteiger partial charge is 0.288 e. The molecule has 0 atom stereocenters. The van der Waals surface area contributed by atoms with Crippen molar-refractivity contribution >= 4 is 11.6 Å². The summed E-state index contributed by atoms with van der Waals surface area (Å²) in [6, 6.07) is 0. The largest absolute Gasteiger partial charge is 0.456 e. The maximum absolute atomic E-state index is 14.0. The Morgan fingerprint density at radius 2 is 0.750 bits per heavy atom. The molecule has 164 valence electrons. The number of carbonyl (C=O) groups is 2. The van der Waals surface area contributed by atoms with Crippen LogP contribution in [-0.4, -0.2) is 58.9 Å². The summed E-state index contributed by atoms with van der Waals surface area (Å²) in [5.74, 6) is -57.9. The van der Waals surface area contributed by atoms with Gasteiger partial charge in [-0.15, -0.1) is 0 Å². The number of hydrogen-bond acceptors (Lipinski definition) is 2. The van der Waals surface area contributed by atoms with E-state index in [0.717, 1.165) is 0 Å². The lowest BCUT2D eigenvalue weighted by molar-refractivity contribution is -0.476. The van der Waals surface area contributed by atoms with Gasteiger partial charge in [0.25, 0.3) is 5.78 Å². The third-order valence-electron chi connectivity index (χ3n) is 3.58. The number of carbonyl (C=O) groups excluding carboxylic acids is 2. The average molecular weight is 456 g/mol. The molecule has 0 bridgehead atoms. The van der Waals surface area contributed by atoms with Crippen LogP contribution in [0.5, 0.6) is 0 Å². The second-order valence-corrected chi connectivity index (χ2v) is 5.26. The zero-order valence-corrected chi connectivity index (χ0v) is 11.9. The molecular formula is C10F16O2. The summed E-state index contributed by atoms with van der Waals surface area (Å²) in [6.07, 6.45) is -6.98. The first-order valence-corrected chi connectivity index (χ1v) is 5.93. The molecule has 0 aromatic heterocycles. The fraction of sp³-hybridized carbons (Fsp3) is 0.800. The van der Waals surface area contributed by atoms with Crippen molar-refractivity contribution in [3.63, 3.8) is 0 Å². The Labute approximate surface area is 140 Å².